The van der Waals surface area contributed by atoms with Crippen LogP contribution in [-0.4, -0.2) is 25.8 Å². The number of halogens is 4. The van der Waals surface area contributed by atoms with Crippen LogP contribution in [0.25, 0.3) is 31.3 Å². The lowest BCUT2D eigenvalue weighted by atomic mass is 10.1. The maximum absolute atomic E-state index is 13.1. The highest BCUT2D eigenvalue weighted by Crippen LogP contribution is 2.33. The Bertz CT molecular complexity index is 1870. The fourth-order valence-corrected chi connectivity index (χ4v) is 7.43. The number of hydrogen-bond acceptors (Lipinski definition) is 8. The Morgan fingerprint density at radius 1 is 0.674 bits per heavy atom. The van der Waals surface area contributed by atoms with E-state index in [4.69, 9.17) is 16.7 Å². The number of ketones is 1. The van der Waals surface area contributed by atoms with E-state index in [0.29, 0.717) is 22.8 Å². The van der Waals surface area contributed by atoms with E-state index in [0.717, 1.165) is 46.5 Å². The third-order valence-electron chi connectivity index (χ3n) is 6.21. The number of aliphatic hydroxyl groups excluding tert-OH is 1. The van der Waals surface area contributed by atoms with Gasteiger partial charge < -0.3 is 5.11 Å². The highest BCUT2D eigenvalue weighted by atomic mass is 35.5. The molecule has 46 heavy (non-hydrogen) atoms. The number of Topliss-reactive ketones (excluding diaryl/α,β-unsaturated/α-hetero) is 1. The van der Waals surface area contributed by atoms with Crippen molar-refractivity contribution in [2.45, 2.75) is 40.2 Å². The fourth-order valence-electron chi connectivity index (χ4n) is 4.34. The number of aliphatic hydroxyl groups is 1. The van der Waals surface area contributed by atoms with Gasteiger partial charge in [0.15, 0.2) is 5.78 Å². The van der Waals surface area contributed by atoms with Gasteiger partial charge >= 0.3 is 0 Å². The van der Waals surface area contributed by atoms with E-state index >= 15 is 0 Å². The molecule has 0 fully saturated rings. The summed E-state index contributed by atoms with van der Waals surface area (Å²) < 4.78 is 39.2. The number of hydrogen-bond donors (Lipinski definition) is 1. The predicted octanol–water partition coefficient (Wildman–Crippen LogP) is 10.2. The van der Waals surface area contributed by atoms with Gasteiger partial charge in [-0.05, 0) is 73.9 Å². The maximum Gasteiger partial charge on any atom is 0.179 e. The van der Waals surface area contributed by atoms with E-state index < -0.39 is 0 Å². The molecule has 3 aromatic heterocycles. The number of alkyl halides is 1. The molecular weight excluding hydrogens is 671 g/mol. The Morgan fingerprint density at radius 2 is 1.07 bits per heavy atom. The van der Waals surface area contributed by atoms with Crippen molar-refractivity contribution in [3.05, 3.63) is 122 Å². The standard InChI is InChI=1S/C12H10FNOS.C11H9ClFNS.C11H10FNOS/c1-7(15)11-12(16-8(2)14-11)9-4-3-5-10(13)6-9;1-7-14-10(6-12)11(15-7)8-3-2-4-9(13)5-8;1-7-13-10(6-14)11(15-7)8-3-2-4-9(12)5-8/h3-6H,1-2H3;2-5H,6H2,1H3;2-5,14H,6H2,1H3. The molecule has 3 heterocycles. The Hall–Kier alpha value is -3.74. The molecule has 0 bridgehead atoms. The van der Waals surface area contributed by atoms with E-state index in [1.165, 1.54) is 77.3 Å². The first-order valence-electron chi connectivity index (χ1n) is 13.8. The molecule has 0 unspecified atom stereocenters. The summed E-state index contributed by atoms with van der Waals surface area (Å²) >= 11 is 10.2. The molecule has 5 nitrogen and oxygen atoms in total. The average Bonchev–Trinajstić information content (AvgIpc) is 3.73. The molecule has 1 N–H and O–H groups in total. The molecule has 0 aliphatic carbocycles. The summed E-state index contributed by atoms with van der Waals surface area (Å²) in [5.74, 6) is -0.556. The van der Waals surface area contributed by atoms with Crippen LogP contribution in [0.2, 0.25) is 0 Å². The summed E-state index contributed by atoms with van der Waals surface area (Å²) in [6.07, 6.45) is 0. The average molecular weight is 700 g/mol. The van der Waals surface area contributed by atoms with Crippen LogP contribution in [-0.2, 0) is 12.5 Å². The van der Waals surface area contributed by atoms with E-state index in [9.17, 15) is 18.0 Å². The highest BCUT2D eigenvalue weighted by molar-refractivity contribution is 7.16. The van der Waals surface area contributed by atoms with Crippen LogP contribution in [0.1, 0.15) is 43.8 Å². The number of carbonyl (C=O) groups is 1. The van der Waals surface area contributed by atoms with Crippen LogP contribution in [0.5, 0.6) is 0 Å². The van der Waals surface area contributed by atoms with Crippen LogP contribution in [0.4, 0.5) is 13.2 Å². The molecule has 6 aromatic rings. The third-order valence-corrected chi connectivity index (χ3v) is 9.61. The molecule has 0 amide bonds. The monoisotopic (exact) mass is 699 g/mol. The molecule has 12 heteroatoms. The minimum Gasteiger partial charge on any atom is -0.390 e. The number of aryl methyl sites for hydroxylation is 3. The van der Waals surface area contributed by atoms with Crippen LogP contribution in [0.15, 0.2) is 72.8 Å². The van der Waals surface area contributed by atoms with Gasteiger partial charge in [0.2, 0.25) is 0 Å². The second-order valence-electron chi connectivity index (χ2n) is 9.81. The van der Waals surface area contributed by atoms with E-state index in [2.05, 4.69) is 15.0 Å². The normalized spacial score (nSPS) is 10.5. The van der Waals surface area contributed by atoms with Crippen molar-refractivity contribution in [2.75, 3.05) is 0 Å². The number of aromatic nitrogens is 3. The summed E-state index contributed by atoms with van der Waals surface area (Å²) in [7, 11) is 0. The zero-order chi connectivity index (χ0) is 33.4. The minimum absolute atomic E-state index is 0.0939. The lowest BCUT2D eigenvalue weighted by Gasteiger charge is -1.99. The number of benzene rings is 3. The Labute approximate surface area is 282 Å². The molecular formula is C34H29ClF3N3O2S3. The molecule has 238 valence electrons. The molecule has 3 aromatic carbocycles. The van der Waals surface area contributed by atoms with Crippen molar-refractivity contribution in [2.24, 2.45) is 0 Å². The van der Waals surface area contributed by atoms with Gasteiger partial charge in [0.05, 0.1) is 53.5 Å². The lowest BCUT2D eigenvalue weighted by Crippen LogP contribution is -1.95. The van der Waals surface area contributed by atoms with Gasteiger partial charge in [0.1, 0.15) is 23.1 Å². The van der Waals surface area contributed by atoms with Gasteiger partial charge in [-0.3, -0.25) is 4.79 Å². The zero-order valence-electron chi connectivity index (χ0n) is 25.3. The van der Waals surface area contributed by atoms with E-state index in [1.807, 2.05) is 32.9 Å². The minimum atomic E-state index is -0.307. The summed E-state index contributed by atoms with van der Waals surface area (Å²) in [6.45, 7) is 6.98. The summed E-state index contributed by atoms with van der Waals surface area (Å²) in [5, 5.41) is 11.7. The first kappa shape index (κ1) is 35.1. The second kappa shape index (κ2) is 16.2. The largest absolute Gasteiger partial charge is 0.390 e. The fraction of sp³-hybridized carbons (Fsp3) is 0.176. The van der Waals surface area contributed by atoms with Gasteiger partial charge in [-0.15, -0.1) is 45.6 Å². The first-order valence-corrected chi connectivity index (χ1v) is 16.8. The summed E-state index contributed by atoms with van der Waals surface area (Å²) in [4.78, 5) is 26.6. The molecule has 0 radical (unpaired) electrons. The first-order chi connectivity index (χ1) is 22.0. The van der Waals surface area contributed by atoms with Gasteiger partial charge in [-0.2, -0.15) is 0 Å². The van der Waals surface area contributed by atoms with Gasteiger partial charge in [0, 0.05) is 6.92 Å². The zero-order valence-corrected chi connectivity index (χ0v) is 28.5. The van der Waals surface area contributed by atoms with Crippen LogP contribution in [0.3, 0.4) is 0 Å². The van der Waals surface area contributed by atoms with Crippen molar-refractivity contribution in [3.63, 3.8) is 0 Å². The quantitative estimate of drug-likeness (QED) is 0.138. The third kappa shape index (κ3) is 9.17. The van der Waals surface area contributed by atoms with Gasteiger partial charge in [0.25, 0.3) is 0 Å². The molecule has 0 saturated heterocycles. The van der Waals surface area contributed by atoms with E-state index in [1.54, 1.807) is 24.3 Å². The van der Waals surface area contributed by atoms with Crippen LogP contribution in [0, 0.1) is 38.2 Å². The Kier molecular flexibility index (Phi) is 12.4. The van der Waals surface area contributed by atoms with Crippen molar-refractivity contribution in [1.82, 2.24) is 15.0 Å². The van der Waals surface area contributed by atoms with Crippen molar-refractivity contribution in [1.29, 1.82) is 0 Å². The van der Waals surface area contributed by atoms with Crippen LogP contribution < -0.4 is 0 Å². The van der Waals surface area contributed by atoms with E-state index in [-0.39, 0.29) is 29.8 Å². The second-order valence-corrected chi connectivity index (χ2v) is 13.7. The Balaban J connectivity index is 0.000000157. The number of carbonyl (C=O) groups excluding carboxylic acids is 1. The van der Waals surface area contributed by atoms with Crippen molar-refractivity contribution < 1.29 is 23.1 Å². The van der Waals surface area contributed by atoms with Gasteiger partial charge in [-0.25, -0.2) is 28.1 Å². The molecule has 0 spiro atoms. The van der Waals surface area contributed by atoms with Crippen molar-refractivity contribution >= 4 is 51.4 Å². The van der Waals surface area contributed by atoms with Crippen molar-refractivity contribution in [3.8, 4) is 31.3 Å². The molecule has 6 rings (SSSR count). The van der Waals surface area contributed by atoms with Gasteiger partial charge in [-0.1, -0.05) is 36.4 Å². The molecule has 0 aliphatic heterocycles. The number of rotatable bonds is 6. The topological polar surface area (TPSA) is 76.0 Å². The lowest BCUT2D eigenvalue weighted by molar-refractivity contribution is 0.101. The number of nitrogens with zero attached hydrogens (tertiary/aromatic N) is 3. The van der Waals surface area contributed by atoms with Crippen LogP contribution >= 0.6 is 45.6 Å². The highest BCUT2D eigenvalue weighted by Gasteiger charge is 2.15. The molecule has 0 saturated carbocycles. The molecule has 0 aliphatic rings. The molecule has 0 atom stereocenters. The maximum atomic E-state index is 13.1. The summed E-state index contributed by atoms with van der Waals surface area (Å²) in [6, 6.07) is 19.0. The number of thiazole rings is 3. The summed E-state index contributed by atoms with van der Waals surface area (Å²) in [5.41, 5.74) is 4.18. The smallest absolute Gasteiger partial charge is 0.179 e. The SMILES string of the molecule is CC(=O)c1nc(C)sc1-c1cccc(F)c1.Cc1nc(CCl)c(-c2cccc(F)c2)s1.Cc1nc(CO)c(-c2cccc(F)c2)s1. The predicted molar refractivity (Wildman–Crippen MR) is 182 cm³/mol. The Morgan fingerprint density at radius 3 is 1.48 bits per heavy atom.